The van der Waals surface area contributed by atoms with Crippen LogP contribution in [0.25, 0.3) is 0 Å². The molecule has 2 amide bonds. The molecule has 3 unspecified atom stereocenters. The SMILES string of the molecule is CCCOc1ccccc1N1C(=O)C2C(c3ccccc3)OC3(C(=O)c4ccccc4C3=O)C2C1=O. The number of imide groups is 1. The second kappa shape index (κ2) is 8.24. The van der Waals surface area contributed by atoms with Gasteiger partial charge in [-0.15, -0.1) is 0 Å². The summed E-state index contributed by atoms with van der Waals surface area (Å²) in [6.07, 6.45) is -0.195. The van der Waals surface area contributed by atoms with E-state index in [1.807, 2.05) is 13.0 Å². The molecule has 1 spiro atoms. The molecule has 2 aliphatic heterocycles. The Balaban J connectivity index is 1.52. The molecule has 36 heavy (non-hydrogen) atoms. The third-order valence-corrected chi connectivity index (χ3v) is 7.22. The molecule has 7 nitrogen and oxygen atoms in total. The summed E-state index contributed by atoms with van der Waals surface area (Å²) in [5.41, 5.74) is -0.747. The average Bonchev–Trinajstić information content (AvgIpc) is 3.48. The van der Waals surface area contributed by atoms with Crippen molar-refractivity contribution in [3.05, 3.63) is 95.6 Å². The van der Waals surface area contributed by atoms with Gasteiger partial charge in [0.15, 0.2) is 0 Å². The number of nitrogens with zero attached hydrogens (tertiary/aromatic N) is 1. The van der Waals surface area contributed by atoms with Crippen molar-refractivity contribution in [1.29, 1.82) is 0 Å². The lowest BCUT2D eigenvalue weighted by Gasteiger charge is -2.27. The average molecular weight is 482 g/mol. The molecule has 0 aromatic heterocycles. The molecule has 0 saturated carbocycles. The highest BCUT2D eigenvalue weighted by atomic mass is 16.5. The van der Waals surface area contributed by atoms with E-state index in [0.29, 0.717) is 23.6 Å². The number of ether oxygens (including phenoxy) is 2. The van der Waals surface area contributed by atoms with E-state index >= 15 is 0 Å². The van der Waals surface area contributed by atoms with Crippen LogP contribution in [-0.4, -0.2) is 35.6 Å². The zero-order valence-electron chi connectivity index (χ0n) is 19.5. The molecule has 180 valence electrons. The lowest BCUT2D eigenvalue weighted by molar-refractivity contribution is -0.127. The molecule has 0 bridgehead atoms. The molecule has 0 N–H and O–H groups in total. The van der Waals surface area contributed by atoms with E-state index in [2.05, 4.69) is 0 Å². The number of hydrogen-bond acceptors (Lipinski definition) is 6. The molecule has 3 atom stereocenters. The normalized spacial score (nSPS) is 23.9. The summed E-state index contributed by atoms with van der Waals surface area (Å²) in [7, 11) is 0. The first-order valence-corrected chi connectivity index (χ1v) is 12.0. The van der Waals surface area contributed by atoms with Crippen LogP contribution in [0.15, 0.2) is 78.9 Å². The molecule has 2 heterocycles. The summed E-state index contributed by atoms with van der Waals surface area (Å²) in [5.74, 6) is -4.24. The van der Waals surface area contributed by atoms with Gasteiger partial charge in [-0.05, 0) is 24.1 Å². The minimum atomic E-state index is -2.09. The standard InChI is InChI=1S/C29H23NO6/c1-2-16-35-21-15-9-8-14-20(21)30-27(33)22-23(28(30)34)29(36-24(22)17-10-4-3-5-11-17)25(31)18-12-6-7-13-19(18)26(29)32/h3-15,22-24H,2,16H2,1H3. The van der Waals surface area contributed by atoms with Crippen LogP contribution in [0.4, 0.5) is 5.69 Å². The Morgan fingerprint density at radius 2 is 1.42 bits per heavy atom. The van der Waals surface area contributed by atoms with Gasteiger partial charge in [0.05, 0.1) is 30.2 Å². The van der Waals surface area contributed by atoms with Gasteiger partial charge in [0.25, 0.3) is 0 Å². The number of Topliss-reactive ketones (excluding diaryl/α,β-unsaturated/α-hetero) is 2. The number of benzene rings is 3. The minimum Gasteiger partial charge on any atom is -0.491 e. The number of para-hydroxylation sites is 2. The number of amides is 2. The molecule has 7 heteroatoms. The van der Waals surface area contributed by atoms with Gasteiger partial charge in [-0.1, -0.05) is 73.7 Å². The van der Waals surface area contributed by atoms with Crippen molar-refractivity contribution in [2.24, 2.45) is 11.8 Å². The number of fused-ring (bicyclic) bond motifs is 3. The number of carbonyl (C=O) groups is 4. The van der Waals surface area contributed by atoms with E-state index in [9.17, 15) is 19.2 Å². The number of ketones is 2. The minimum absolute atomic E-state index is 0.209. The lowest BCUT2D eigenvalue weighted by atomic mass is 9.77. The van der Waals surface area contributed by atoms with Crippen LogP contribution in [0.2, 0.25) is 0 Å². The van der Waals surface area contributed by atoms with Crippen LogP contribution in [-0.2, 0) is 14.3 Å². The molecule has 3 aliphatic rings. The van der Waals surface area contributed by atoms with Crippen molar-refractivity contribution in [3.63, 3.8) is 0 Å². The van der Waals surface area contributed by atoms with Crippen LogP contribution in [0.1, 0.15) is 45.7 Å². The molecule has 0 radical (unpaired) electrons. The quantitative estimate of drug-likeness (QED) is 0.401. The highest BCUT2D eigenvalue weighted by Gasteiger charge is 2.74. The Bertz CT molecular complexity index is 1380. The van der Waals surface area contributed by atoms with Crippen LogP contribution in [0, 0.1) is 11.8 Å². The van der Waals surface area contributed by atoms with Crippen LogP contribution >= 0.6 is 0 Å². The van der Waals surface area contributed by atoms with Gasteiger partial charge in [-0.3, -0.25) is 19.2 Å². The lowest BCUT2D eigenvalue weighted by Crippen LogP contribution is -2.51. The van der Waals surface area contributed by atoms with Crippen LogP contribution in [0.5, 0.6) is 5.75 Å². The maximum Gasteiger partial charge on any atom is 0.241 e. The first-order valence-electron chi connectivity index (χ1n) is 12.0. The first kappa shape index (κ1) is 22.4. The smallest absolute Gasteiger partial charge is 0.241 e. The monoisotopic (exact) mass is 481 g/mol. The summed E-state index contributed by atoms with van der Waals surface area (Å²) < 4.78 is 12.1. The summed E-state index contributed by atoms with van der Waals surface area (Å²) in [5, 5.41) is 0. The van der Waals surface area contributed by atoms with E-state index in [-0.39, 0.29) is 11.1 Å². The molecule has 6 rings (SSSR count). The van der Waals surface area contributed by atoms with Gasteiger partial charge >= 0.3 is 0 Å². The van der Waals surface area contributed by atoms with Crippen molar-refractivity contribution in [3.8, 4) is 5.75 Å². The van der Waals surface area contributed by atoms with Gasteiger partial charge in [-0.2, -0.15) is 0 Å². The Kier molecular flexibility index (Phi) is 5.12. The van der Waals surface area contributed by atoms with E-state index in [1.54, 1.807) is 72.8 Å². The Morgan fingerprint density at radius 1 is 0.806 bits per heavy atom. The summed E-state index contributed by atoms with van der Waals surface area (Å²) >= 11 is 0. The fourth-order valence-corrected chi connectivity index (χ4v) is 5.67. The molecule has 3 aromatic carbocycles. The summed E-state index contributed by atoms with van der Waals surface area (Å²) in [6.45, 7) is 2.37. The van der Waals surface area contributed by atoms with E-state index < -0.39 is 46.9 Å². The van der Waals surface area contributed by atoms with Crippen LogP contribution in [0.3, 0.4) is 0 Å². The van der Waals surface area contributed by atoms with Gasteiger partial charge in [-0.25, -0.2) is 4.90 Å². The molecular weight excluding hydrogens is 458 g/mol. The second-order valence-electron chi connectivity index (χ2n) is 9.22. The number of hydrogen-bond donors (Lipinski definition) is 0. The van der Waals surface area contributed by atoms with Crippen molar-refractivity contribution in [2.75, 3.05) is 11.5 Å². The highest BCUT2D eigenvalue weighted by Crippen LogP contribution is 2.58. The third-order valence-electron chi connectivity index (χ3n) is 7.22. The van der Waals surface area contributed by atoms with Crippen molar-refractivity contribution >= 4 is 29.1 Å². The van der Waals surface area contributed by atoms with E-state index in [1.165, 1.54) is 0 Å². The van der Waals surface area contributed by atoms with E-state index in [0.717, 1.165) is 11.3 Å². The van der Waals surface area contributed by atoms with E-state index in [4.69, 9.17) is 9.47 Å². The maximum atomic E-state index is 14.1. The second-order valence-corrected chi connectivity index (χ2v) is 9.22. The van der Waals surface area contributed by atoms with Crippen molar-refractivity contribution in [2.45, 2.75) is 25.0 Å². The number of anilines is 1. The summed E-state index contributed by atoms with van der Waals surface area (Å²) in [4.78, 5) is 56.7. The zero-order chi connectivity index (χ0) is 25.0. The van der Waals surface area contributed by atoms with Crippen molar-refractivity contribution in [1.82, 2.24) is 0 Å². The third kappa shape index (κ3) is 2.89. The molecule has 2 saturated heterocycles. The molecule has 1 aliphatic carbocycles. The Labute approximate surface area is 207 Å². The van der Waals surface area contributed by atoms with Gasteiger partial charge in [0.1, 0.15) is 5.75 Å². The van der Waals surface area contributed by atoms with Crippen molar-refractivity contribution < 1.29 is 28.7 Å². The zero-order valence-corrected chi connectivity index (χ0v) is 19.5. The predicted molar refractivity (Wildman–Crippen MR) is 130 cm³/mol. The largest absolute Gasteiger partial charge is 0.491 e. The van der Waals surface area contributed by atoms with Gasteiger partial charge in [0.2, 0.25) is 29.0 Å². The number of carbonyl (C=O) groups excluding carboxylic acids is 4. The predicted octanol–water partition coefficient (Wildman–Crippen LogP) is 4.17. The first-order chi connectivity index (χ1) is 17.5. The van der Waals surface area contributed by atoms with Gasteiger partial charge in [0, 0.05) is 11.1 Å². The maximum absolute atomic E-state index is 14.1. The fraction of sp³-hybridized carbons (Fsp3) is 0.241. The number of rotatable bonds is 5. The Hall–Kier alpha value is -4.10. The molecule has 2 fully saturated rings. The highest BCUT2D eigenvalue weighted by molar-refractivity contribution is 6.37. The fourth-order valence-electron chi connectivity index (χ4n) is 5.67. The topological polar surface area (TPSA) is 90.0 Å². The van der Waals surface area contributed by atoms with Crippen LogP contribution < -0.4 is 9.64 Å². The Morgan fingerprint density at radius 3 is 2.08 bits per heavy atom. The molecular formula is C29H23NO6. The van der Waals surface area contributed by atoms with Gasteiger partial charge < -0.3 is 9.47 Å². The molecule has 3 aromatic rings. The summed E-state index contributed by atoms with van der Waals surface area (Å²) in [6, 6.07) is 22.2.